The Morgan fingerprint density at radius 3 is 2.52 bits per heavy atom. The van der Waals surface area contributed by atoms with Gasteiger partial charge < -0.3 is 15.6 Å². The number of benzene rings is 1. The third-order valence-electron chi connectivity index (χ3n) is 4.95. The molecule has 1 saturated carbocycles. The van der Waals surface area contributed by atoms with E-state index in [0.717, 1.165) is 25.0 Å². The Balaban J connectivity index is 1.66. The fourth-order valence-corrected chi connectivity index (χ4v) is 3.22. The smallest absolute Gasteiger partial charge is 0.251 e. The highest BCUT2D eigenvalue weighted by Gasteiger charge is 2.30. The molecule has 1 aliphatic carbocycles. The van der Waals surface area contributed by atoms with Crippen LogP contribution in [-0.2, 0) is 4.79 Å². The van der Waals surface area contributed by atoms with Crippen LogP contribution < -0.4 is 10.6 Å². The number of carbonyl (C=O) groups excluding carboxylic acids is 3. The van der Waals surface area contributed by atoms with Crippen LogP contribution >= 0.6 is 0 Å². The summed E-state index contributed by atoms with van der Waals surface area (Å²) >= 11 is 0. The van der Waals surface area contributed by atoms with Crippen molar-refractivity contribution in [1.29, 1.82) is 0 Å². The van der Waals surface area contributed by atoms with Gasteiger partial charge >= 0.3 is 0 Å². The highest BCUT2D eigenvalue weighted by atomic mass is 19.1. The van der Waals surface area contributed by atoms with Gasteiger partial charge in [-0.25, -0.2) is 18.2 Å². The zero-order valence-corrected chi connectivity index (χ0v) is 16.1. The largest absolute Gasteiger partial charge is 0.357 e. The number of rotatable bonds is 7. The summed E-state index contributed by atoms with van der Waals surface area (Å²) in [6.07, 6.45) is 4.26. The SMILES string of the molecule is O=C(NCCF)c1cc(F)c(C(=O)c2c[nH]c3c(NC(=O)C4CC4)nccc23)c(F)c1. The monoisotopic (exact) mass is 430 g/mol. The zero-order valence-electron chi connectivity index (χ0n) is 16.1. The maximum Gasteiger partial charge on any atom is 0.251 e. The third-order valence-corrected chi connectivity index (χ3v) is 4.95. The summed E-state index contributed by atoms with van der Waals surface area (Å²) in [5, 5.41) is 5.17. The molecule has 0 spiro atoms. The van der Waals surface area contributed by atoms with E-state index in [1.165, 1.54) is 18.5 Å². The first kappa shape index (κ1) is 20.6. The minimum absolute atomic E-state index is 0.0215. The standard InChI is InChI=1S/C21H17F3N4O3/c22-4-6-26-20(30)11-7-14(23)16(15(24)8-11)18(29)13-9-27-17-12(13)3-5-25-19(17)28-21(31)10-1-2-10/h3,5,7-10,27H,1-2,4,6H2,(H,26,30)(H,25,28,31). The number of aromatic amines is 1. The minimum Gasteiger partial charge on any atom is -0.357 e. The lowest BCUT2D eigenvalue weighted by molar-refractivity contribution is -0.117. The average Bonchev–Trinajstić information content (AvgIpc) is 3.50. The summed E-state index contributed by atoms with van der Waals surface area (Å²) in [4.78, 5) is 43.7. The first-order valence-corrected chi connectivity index (χ1v) is 9.55. The van der Waals surface area contributed by atoms with Crippen molar-refractivity contribution in [3.8, 4) is 0 Å². The van der Waals surface area contributed by atoms with Crippen molar-refractivity contribution in [3.63, 3.8) is 0 Å². The molecule has 0 radical (unpaired) electrons. The number of H-pyrrole nitrogens is 1. The van der Waals surface area contributed by atoms with Gasteiger partial charge in [-0.15, -0.1) is 0 Å². The Hall–Kier alpha value is -3.69. The number of hydrogen-bond donors (Lipinski definition) is 3. The van der Waals surface area contributed by atoms with E-state index in [9.17, 15) is 27.6 Å². The predicted molar refractivity (Wildman–Crippen MR) is 106 cm³/mol. The van der Waals surface area contributed by atoms with E-state index < -0.39 is 35.6 Å². The number of nitrogens with zero attached hydrogens (tertiary/aromatic N) is 1. The number of fused-ring (bicyclic) bond motifs is 1. The lowest BCUT2D eigenvalue weighted by Crippen LogP contribution is -2.26. The van der Waals surface area contributed by atoms with Crippen molar-refractivity contribution < 1.29 is 27.6 Å². The summed E-state index contributed by atoms with van der Waals surface area (Å²) in [5.74, 6) is -4.26. The Morgan fingerprint density at radius 2 is 1.87 bits per heavy atom. The molecule has 0 bridgehead atoms. The maximum atomic E-state index is 14.6. The number of hydrogen-bond acceptors (Lipinski definition) is 4. The van der Waals surface area contributed by atoms with Crippen molar-refractivity contribution in [2.75, 3.05) is 18.5 Å². The first-order chi connectivity index (χ1) is 14.9. The average molecular weight is 430 g/mol. The fraction of sp³-hybridized carbons (Fsp3) is 0.238. The second-order valence-electron chi connectivity index (χ2n) is 7.14. The van der Waals surface area contributed by atoms with Crippen molar-refractivity contribution in [2.24, 2.45) is 5.92 Å². The van der Waals surface area contributed by atoms with Gasteiger partial charge in [-0.1, -0.05) is 0 Å². The normalized spacial score (nSPS) is 13.3. The van der Waals surface area contributed by atoms with Crippen LogP contribution in [0.25, 0.3) is 10.9 Å². The fourth-order valence-electron chi connectivity index (χ4n) is 3.22. The van der Waals surface area contributed by atoms with E-state index in [1.54, 1.807) is 0 Å². The molecular formula is C21H17F3N4O3. The van der Waals surface area contributed by atoms with E-state index in [-0.39, 0.29) is 35.3 Å². The molecule has 1 fully saturated rings. The summed E-state index contributed by atoms with van der Waals surface area (Å²) in [6, 6.07) is 2.93. The molecule has 7 nitrogen and oxygen atoms in total. The van der Waals surface area contributed by atoms with E-state index in [1.807, 2.05) is 0 Å². The first-order valence-electron chi connectivity index (χ1n) is 9.55. The molecule has 3 aromatic rings. The number of halogens is 3. The van der Waals surface area contributed by atoms with Crippen LogP contribution in [0.2, 0.25) is 0 Å². The predicted octanol–water partition coefficient (Wildman–Crippen LogP) is 3.12. The third kappa shape index (κ3) is 4.00. The second kappa shape index (κ2) is 8.21. The van der Waals surface area contributed by atoms with E-state index in [2.05, 4.69) is 20.6 Å². The molecule has 2 heterocycles. The van der Waals surface area contributed by atoms with Crippen LogP contribution in [0.1, 0.15) is 39.1 Å². The van der Waals surface area contributed by atoms with Gasteiger partial charge in [0.25, 0.3) is 5.91 Å². The number of pyridine rings is 1. The van der Waals surface area contributed by atoms with Crippen molar-refractivity contribution in [2.45, 2.75) is 12.8 Å². The Kier molecular flexibility index (Phi) is 5.45. The van der Waals surface area contributed by atoms with Crippen molar-refractivity contribution in [1.82, 2.24) is 15.3 Å². The van der Waals surface area contributed by atoms with Gasteiger partial charge in [0.15, 0.2) is 5.82 Å². The summed E-state index contributed by atoms with van der Waals surface area (Å²) in [5.41, 5.74) is -0.869. The Morgan fingerprint density at radius 1 is 1.16 bits per heavy atom. The zero-order chi connectivity index (χ0) is 22.1. The molecule has 2 aromatic heterocycles. The molecular weight excluding hydrogens is 413 g/mol. The van der Waals surface area contributed by atoms with Gasteiger partial charge in [0, 0.05) is 41.4 Å². The molecule has 0 unspecified atom stereocenters. The van der Waals surface area contributed by atoms with Crippen LogP contribution in [0.3, 0.4) is 0 Å². The maximum absolute atomic E-state index is 14.6. The molecule has 2 amide bonds. The molecule has 10 heteroatoms. The number of anilines is 1. The Bertz CT molecular complexity index is 1180. The highest BCUT2D eigenvalue weighted by molar-refractivity contribution is 6.18. The number of nitrogens with one attached hydrogen (secondary N) is 3. The summed E-state index contributed by atoms with van der Waals surface area (Å²) in [6.45, 7) is -1.13. The van der Waals surface area contributed by atoms with Crippen LogP contribution in [0, 0.1) is 17.6 Å². The van der Waals surface area contributed by atoms with Crippen molar-refractivity contribution >= 4 is 34.3 Å². The minimum atomic E-state index is -1.22. The number of alkyl halides is 1. The van der Waals surface area contributed by atoms with Gasteiger partial charge in [0.05, 0.1) is 11.1 Å². The number of amides is 2. The van der Waals surface area contributed by atoms with Gasteiger partial charge in [-0.05, 0) is 31.0 Å². The quantitative estimate of drug-likeness (QED) is 0.501. The Labute approximate surface area is 174 Å². The highest BCUT2D eigenvalue weighted by Crippen LogP contribution is 2.32. The molecule has 1 aromatic carbocycles. The molecule has 1 aliphatic rings. The van der Waals surface area contributed by atoms with Crippen LogP contribution in [0.4, 0.5) is 19.0 Å². The van der Waals surface area contributed by atoms with Crippen LogP contribution in [-0.4, -0.2) is 40.8 Å². The molecule has 160 valence electrons. The molecule has 4 rings (SSSR count). The lowest BCUT2D eigenvalue weighted by atomic mass is 10.00. The van der Waals surface area contributed by atoms with E-state index in [0.29, 0.717) is 10.9 Å². The van der Waals surface area contributed by atoms with E-state index in [4.69, 9.17) is 0 Å². The summed E-state index contributed by atoms with van der Waals surface area (Å²) < 4.78 is 41.4. The number of ketones is 1. The summed E-state index contributed by atoms with van der Waals surface area (Å²) in [7, 11) is 0. The molecule has 0 saturated heterocycles. The van der Waals surface area contributed by atoms with Gasteiger partial charge in [0.2, 0.25) is 11.7 Å². The van der Waals surface area contributed by atoms with Gasteiger partial charge in [-0.2, -0.15) is 0 Å². The van der Waals surface area contributed by atoms with Gasteiger partial charge in [0.1, 0.15) is 18.3 Å². The second-order valence-corrected chi connectivity index (χ2v) is 7.14. The molecule has 31 heavy (non-hydrogen) atoms. The van der Waals surface area contributed by atoms with Crippen LogP contribution in [0.15, 0.2) is 30.6 Å². The van der Waals surface area contributed by atoms with Crippen molar-refractivity contribution in [3.05, 3.63) is 58.9 Å². The topological polar surface area (TPSA) is 104 Å². The lowest BCUT2D eigenvalue weighted by Gasteiger charge is -2.08. The molecule has 0 atom stereocenters. The van der Waals surface area contributed by atoms with Gasteiger partial charge in [-0.3, -0.25) is 14.4 Å². The number of carbonyl (C=O) groups is 3. The molecule has 0 aliphatic heterocycles. The van der Waals surface area contributed by atoms with E-state index >= 15 is 0 Å². The van der Waals surface area contributed by atoms with Crippen LogP contribution in [0.5, 0.6) is 0 Å². The number of aromatic nitrogens is 2. The molecule has 3 N–H and O–H groups in total.